The summed E-state index contributed by atoms with van der Waals surface area (Å²) < 4.78 is 26.9. The molecule has 0 bridgehead atoms. The topological polar surface area (TPSA) is 50.3 Å². The fraction of sp³-hybridized carbons (Fsp3) is 0.545. The van der Waals surface area contributed by atoms with Gasteiger partial charge in [0.1, 0.15) is 10.0 Å². The van der Waals surface area contributed by atoms with Crippen molar-refractivity contribution in [2.45, 2.75) is 24.3 Å². The van der Waals surface area contributed by atoms with Crippen LogP contribution in [0.3, 0.4) is 0 Å². The van der Waals surface area contributed by atoms with Crippen LogP contribution >= 0.6 is 39.3 Å². The number of halogens is 2. The van der Waals surface area contributed by atoms with Crippen LogP contribution in [-0.2, 0) is 10.0 Å². The van der Waals surface area contributed by atoms with Gasteiger partial charge < -0.3 is 0 Å². The fourth-order valence-corrected chi connectivity index (χ4v) is 4.33. The number of sulfonamides is 1. The SMILES string of the molecule is CSCCC(C)N(C)S(=O)(=O)c1cc(Br)cnc1Cl. The Morgan fingerprint density at radius 3 is 2.79 bits per heavy atom. The molecular weight excluding hydrogens is 372 g/mol. The van der Waals surface area contributed by atoms with E-state index < -0.39 is 10.0 Å². The minimum absolute atomic E-state index is 0.00730. The first-order valence-corrected chi connectivity index (χ1v) is 9.59. The average Bonchev–Trinajstić information content (AvgIpc) is 2.37. The standard InChI is InChI=1S/C11H16BrClN2O2S2/c1-8(4-5-18-3)15(2)19(16,17)10-6-9(12)7-14-11(10)13/h6-8H,4-5H2,1-3H3. The number of nitrogens with zero attached hydrogens (tertiary/aromatic N) is 2. The lowest BCUT2D eigenvalue weighted by molar-refractivity contribution is 0.382. The summed E-state index contributed by atoms with van der Waals surface area (Å²) in [7, 11) is -2.06. The molecule has 0 saturated carbocycles. The van der Waals surface area contributed by atoms with E-state index in [0.29, 0.717) is 4.47 Å². The molecule has 0 N–H and O–H groups in total. The maximum absolute atomic E-state index is 12.5. The summed E-state index contributed by atoms with van der Waals surface area (Å²) >= 11 is 10.8. The molecule has 1 unspecified atom stereocenters. The zero-order valence-corrected chi connectivity index (χ0v) is 14.9. The molecular formula is C11H16BrClN2O2S2. The van der Waals surface area contributed by atoms with Gasteiger partial charge >= 0.3 is 0 Å². The van der Waals surface area contributed by atoms with Gasteiger partial charge in [-0.1, -0.05) is 11.6 Å². The predicted octanol–water partition coefficient (Wildman–Crippen LogP) is 3.26. The van der Waals surface area contributed by atoms with Crippen molar-refractivity contribution in [2.24, 2.45) is 0 Å². The molecule has 0 saturated heterocycles. The number of thioether (sulfide) groups is 1. The second-order valence-electron chi connectivity index (χ2n) is 4.09. The average molecular weight is 388 g/mol. The first-order chi connectivity index (χ1) is 8.80. The van der Waals surface area contributed by atoms with Gasteiger partial charge in [-0.15, -0.1) is 0 Å². The van der Waals surface area contributed by atoms with Crippen LogP contribution in [0.15, 0.2) is 21.6 Å². The smallest absolute Gasteiger partial charge is 0.242 e. The van der Waals surface area contributed by atoms with Crippen molar-refractivity contribution in [2.75, 3.05) is 19.1 Å². The van der Waals surface area contributed by atoms with Crippen molar-refractivity contribution < 1.29 is 8.42 Å². The lowest BCUT2D eigenvalue weighted by atomic mass is 10.3. The first kappa shape index (κ1) is 17.2. The molecule has 1 aromatic rings. The van der Waals surface area contributed by atoms with Crippen LogP contribution in [0.25, 0.3) is 0 Å². The Labute approximate surface area is 132 Å². The Bertz CT molecular complexity index is 539. The third-order valence-electron chi connectivity index (χ3n) is 2.79. The molecule has 0 aliphatic rings. The van der Waals surface area contributed by atoms with E-state index in [1.54, 1.807) is 18.8 Å². The summed E-state index contributed by atoms with van der Waals surface area (Å²) in [6, 6.07) is 1.38. The molecule has 1 heterocycles. The van der Waals surface area contributed by atoms with Crippen LogP contribution in [0.2, 0.25) is 5.15 Å². The van der Waals surface area contributed by atoms with E-state index in [1.165, 1.54) is 16.6 Å². The molecule has 4 nitrogen and oxygen atoms in total. The minimum Gasteiger partial charge on any atom is -0.242 e. The van der Waals surface area contributed by atoms with Crippen LogP contribution in [0.5, 0.6) is 0 Å². The molecule has 8 heteroatoms. The van der Waals surface area contributed by atoms with Crippen molar-refractivity contribution in [1.82, 2.24) is 9.29 Å². The minimum atomic E-state index is -3.62. The highest BCUT2D eigenvalue weighted by Crippen LogP contribution is 2.26. The van der Waals surface area contributed by atoms with Gasteiger partial charge in [-0.05, 0) is 47.3 Å². The number of pyridine rings is 1. The third-order valence-corrected chi connectivity index (χ3v) is 6.27. The number of hydrogen-bond donors (Lipinski definition) is 0. The van der Waals surface area contributed by atoms with Gasteiger partial charge in [0, 0.05) is 23.8 Å². The molecule has 0 spiro atoms. The highest BCUT2D eigenvalue weighted by Gasteiger charge is 2.28. The lowest BCUT2D eigenvalue weighted by Gasteiger charge is -2.24. The molecule has 1 rings (SSSR count). The van der Waals surface area contributed by atoms with Crippen molar-refractivity contribution in [1.29, 1.82) is 0 Å². The Hall–Kier alpha value is 0.180. The molecule has 108 valence electrons. The Balaban J connectivity index is 3.06. The molecule has 0 fully saturated rings. The molecule has 1 atom stereocenters. The fourth-order valence-electron chi connectivity index (χ4n) is 1.45. The molecule has 0 aliphatic carbocycles. The summed E-state index contributed by atoms with van der Waals surface area (Å²) in [5, 5.41) is -0.00730. The van der Waals surface area contributed by atoms with Crippen LogP contribution in [0.1, 0.15) is 13.3 Å². The highest BCUT2D eigenvalue weighted by atomic mass is 79.9. The van der Waals surface area contributed by atoms with Crippen LogP contribution in [0, 0.1) is 0 Å². The summed E-state index contributed by atoms with van der Waals surface area (Å²) in [6.07, 6.45) is 4.25. The zero-order chi connectivity index (χ0) is 14.6. The predicted molar refractivity (Wildman–Crippen MR) is 84.4 cm³/mol. The van der Waals surface area contributed by atoms with Crippen molar-refractivity contribution in [3.05, 3.63) is 21.9 Å². The van der Waals surface area contributed by atoms with E-state index in [2.05, 4.69) is 20.9 Å². The van der Waals surface area contributed by atoms with Gasteiger partial charge in [0.25, 0.3) is 0 Å². The van der Waals surface area contributed by atoms with E-state index in [0.717, 1.165) is 12.2 Å². The summed E-state index contributed by atoms with van der Waals surface area (Å²) in [6.45, 7) is 1.88. The Kier molecular flexibility index (Phi) is 6.59. The summed E-state index contributed by atoms with van der Waals surface area (Å²) in [4.78, 5) is 3.89. The van der Waals surface area contributed by atoms with Gasteiger partial charge in [-0.2, -0.15) is 16.1 Å². The van der Waals surface area contributed by atoms with E-state index in [1.807, 2.05) is 13.2 Å². The van der Waals surface area contributed by atoms with Crippen molar-refractivity contribution >= 4 is 49.3 Å². The number of rotatable bonds is 6. The van der Waals surface area contributed by atoms with Crippen LogP contribution in [0.4, 0.5) is 0 Å². The van der Waals surface area contributed by atoms with E-state index in [4.69, 9.17) is 11.6 Å². The van der Waals surface area contributed by atoms with E-state index in [9.17, 15) is 8.42 Å². The summed E-state index contributed by atoms with van der Waals surface area (Å²) in [5.41, 5.74) is 0. The maximum Gasteiger partial charge on any atom is 0.246 e. The molecule has 0 aliphatic heterocycles. The summed E-state index contributed by atoms with van der Waals surface area (Å²) in [5.74, 6) is 0.908. The molecule has 0 radical (unpaired) electrons. The zero-order valence-electron chi connectivity index (χ0n) is 10.9. The van der Waals surface area contributed by atoms with Crippen LogP contribution < -0.4 is 0 Å². The third kappa shape index (κ3) is 4.32. The van der Waals surface area contributed by atoms with Crippen molar-refractivity contribution in [3.63, 3.8) is 0 Å². The first-order valence-electron chi connectivity index (χ1n) is 5.58. The maximum atomic E-state index is 12.5. The van der Waals surface area contributed by atoms with E-state index in [-0.39, 0.29) is 16.1 Å². The highest BCUT2D eigenvalue weighted by molar-refractivity contribution is 9.10. The van der Waals surface area contributed by atoms with Gasteiger partial charge in [0.2, 0.25) is 10.0 Å². The van der Waals surface area contributed by atoms with Gasteiger partial charge in [-0.3, -0.25) is 0 Å². The molecule has 1 aromatic heterocycles. The van der Waals surface area contributed by atoms with Gasteiger partial charge in [0.15, 0.2) is 0 Å². The molecule has 0 amide bonds. The van der Waals surface area contributed by atoms with E-state index >= 15 is 0 Å². The quantitative estimate of drug-likeness (QED) is 0.703. The Morgan fingerprint density at radius 2 is 2.21 bits per heavy atom. The van der Waals surface area contributed by atoms with Gasteiger partial charge in [0.05, 0.1) is 0 Å². The molecule has 0 aromatic carbocycles. The van der Waals surface area contributed by atoms with Crippen LogP contribution in [-0.4, -0.2) is 42.8 Å². The normalized spacial score (nSPS) is 13.8. The monoisotopic (exact) mass is 386 g/mol. The number of hydrogen-bond acceptors (Lipinski definition) is 4. The largest absolute Gasteiger partial charge is 0.246 e. The molecule has 19 heavy (non-hydrogen) atoms. The number of aromatic nitrogens is 1. The Morgan fingerprint density at radius 1 is 1.58 bits per heavy atom. The lowest BCUT2D eigenvalue weighted by Crippen LogP contribution is -2.35. The van der Waals surface area contributed by atoms with Gasteiger partial charge in [-0.25, -0.2) is 13.4 Å². The van der Waals surface area contributed by atoms with Crippen molar-refractivity contribution in [3.8, 4) is 0 Å². The second kappa shape index (κ2) is 7.26. The second-order valence-corrected chi connectivity index (χ2v) is 8.32.